The van der Waals surface area contributed by atoms with Gasteiger partial charge in [0.2, 0.25) is 0 Å². The number of aryl methyl sites for hydroxylation is 1. The lowest BCUT2D eigenvalue weighted by atomic mass is 10.0. The molecular formula is C13H16Cl2N4. The summed E-state index contributed by atoms with van der Waals surface area (Å²) in [6, 6.07) is 5.49. The summed E-state index contributed by atoms with van der Waals surface area (Å²) < 4.78 is 1.75. The van der Waals surface area contributed by atoms with Crippen LogP contribution in [0.3, 0.4) is 0 Å². The molecule has 0 bridgehead atoms. The lowest BCUT2D eigenvalue weighted by Crippen LogP contribution is -2.25. The summed E-state index contributed by atoms with van der Waals surface area (Å²) in [4.78, 5) is 0. The van der Waals surface area contributed by atoms with E-state index < -0.39 is 0 Å². The van der Waals surface area contributed by atoms with Gasteiger partial charge in [-0.15, -0.1) is 5.10 Å². The van der Waals surface area contributed by atoms with E-state index >= 15 is 0 Å². The van der Waals surface area contributed by atoms with Crippen molar-refractivity contribution >= 4 is 23.2 Å². The van der Waals surface area contributed by atoms with Crippen LogP contribution >= 0.6 is 23.2 Å². The molecule has 0 aliphatic rings. The zero-order valence-corrected chi connectivity index (χ0v) is 12.4. The average Bonchev–Trinajstić information content (AvgIpc) is 2.78. The average molecular weight is 299 g/mol. The van der Waals surface area contributed by atoms with Crippen LogP contribution in [0.15, 0.2) is 24.4 Å². The number of nitrogens with zero attached hydrogens (tertiary/aromatic N) is 3. The third kappa shape index (κ3) is 3.26. The summed E-state index contributed by atoms with van der Waals surface area (Å²) in [6.07, 6.45) is 2.78. The molecule has 0 aliphatic carbocycles. The van der Waals surface area contributed by atoms with E-state index in [4.69, 9.17) is 23.2 Å². The highest BCUT2D eigenvalue weighted by Crippen LogP contribution is 2.29. The number of hydrogen-bond acceptors (Lipinski definition) is 3. The molecule has 1 aromatic carbocycles. The molecule has 1 heterocycles. The van der Waals surface area contributed by atoms with Crippen LogP contribution in [-0.4, -0.2) is 21.5 Å². The fourth-order valence-corrected chi connectivity index (χ4v) is 2.47. The van der Waals surface area contributed by atoms with E-state index in [-0.39, 0.29) is 6.04 Å². The van der Waals surface area contributed by atoms with Crippen LogP contribution in [0.5, 0.6) is 0 Å². The monoisotopic (exact) mass is 298 g/mol. The van der Waals surface area contributed by atoms with Crippen molar-refractivity contribution in [1.29, 1.82) is 0 Å². The van der Waals surface area contributed by atoms with Crippen LogP contribution in [0.1, 0.15) is 30.6 Å². The molecule has 102 valence electrons. The third-order valence-corrected chi connectivity index (χ3v) is 3.48. The second kappa shape index (κ2) is 6.37. The highest BCUT2D eigenvalue weighted by atomic mass is 35.5. The normalized spacial score (nSPS) is 12.6. The minimum Gasteiger partial charge on any atom is -0.305 e. The van der Waals surface area contributed by atoms with Gasteiger partial charge < -0.3 is 5.32 Å². The molecule has 0 saturated heterocycles. The largest absolute Gasteiger partial charge is 0.305 e. The maximum absolute atomic E-state index is 6.30. The smallest absolute Gasteiger partial charge is 0.0799 e. The van der Waals surface area contributed by atoms with Gasteiger partial charge in [0.15, 0.2) is 0 Å². The van der Waals surface area contributed by atoms with Crippen LogP contribution in [0, 0.1) is 0 Å². The highest BCUT2D eigenvalue weighted by Gasteiger charge is 2.20. The molecule has 0 fully saturated rings. The van der Waals surface area contributed by atoms with Crippen LogP contribution in [0.4, 0.5) is 0 Å². The first-order chi connectivity index (χ1) is 9.13. The van der Waals surface area contributed by atoms with Crippen molar-refractivity contribution < 1.29 is 0 Å². The van der Waals surface area contributed by atoms with E-state index in [1.807, 2.05) is 19.2 Å². The maximum Gasteiger partial charge on any atom is 0.0799 e. The minimum absolute atomic E-state index is 0.0373. The van der Waals surface area contributed by atoms with Gasteiger partial charge in [-0.1, -0.05) is 41.4 Å². The van der Waals surface area contributed by atoms with E-state index in [2.05, 4.69) is 22.6 Å². The molecule has 0 saturated carbocycles. The standard InChI is InChI=1S/C13H16Cl2N4/c1-3-6-16-13(12-8-17-18-19(12)2)10-5-4-9(14)7-11(10)15/h4-5,7-8,13,16H,3,6H2,1-2H3. The Morgan fingerprint density at radius 1 is 1.37 bits per heavy atom. The molecule has 1 aromatic heterocycles. The van der Waals surface area contributed by atoms with E-state index in [9.17, 15) is 0 Å². The second-order valence-corrected chi connectivity index (χ2v) is 5.18. The number of rotatable bonds is 5. The molecular weight excluding hydrogens is 283 g/mol. The number of hydrogen-bond donors (Lipinski definition) is 1. The highest BCUT2D eigenvalue weighted by molar-refractivity contribution is 6.35. The predicted octanol–water partition coefficient (Wildman–Crippen LogP) is 3.21. The first-order valence-corrected chi connectivity index (χ1v) is 6.92. The van der Waals surface area contributed by atoms with Crippen molar-refractivity contribution in [2.45, 2.75) is 19.4 Å². The Balaban J connectivity index is 2.40. The second-order valence-electron chi connectivity index (χ2n) is 4.34. The Labute approximate surface area is 122 Å². The summed E-state index contributed by atoms with van der Waals surface area (Å²) in [7, 11) is 1.87. The molecule has 2 rings (SSSR count). The Kier molecular flexibility index (Phi) is 4.80. The van der Waals surface area contributed by atoms with Crippen molar-refractivity contribution in [2.24, 2.45) is 7.05 Å². The topological polar surface area (TPSA) is 42.7 Å². The van der Waals surface area contributed by atoms with Gasteiger partial charge in [-0.2, -0.15) is 0 Å². The summed E-state index contributed by atoms with van der Waals surface area (Å²) >= 11 is 12.2. The van der Waals surface area contributed by atoms with Gasteiger partial charge in [0.05, 0.1) is 17.9 Å². The molecule has 0 spiro atoms. The van der Waals surface area contributed by atoms with Crippen LogP contribution in [0.2, 0.25) is 10.0 Å². The number of halogens is 2. The first kappa shape index (κ1) is 14.3. The lowest BCUT2D eigenvalue weighted by molar-refractivity contribution is 0.551. The summed E-state index contributed by atoms with van der Waals surface area (Å²) in [6.45, 7) is 3.00. The molecule has 0 aliphatic heterocycles. The molecule has 1 atom stereocenters. The Morgan fingerprint density at radius 2 is 2.16 bits per heavy atom. The molecule has 2 aromatic rings. The molecule has 0 amide bonds. The Bertz CT molecular complexity index is 553. The van der Waals surface area contributed by atoms with Crippen LogP contribution in [0.25, 0.3) is 0 Å². The fraction of sp³-hybridized carbons (Fsp3) is 0.385. The maximum atomic E-state index is 6.30. The van der Waals surface area contributed by atoms with Crippen LogP contribution in [-0.2, 0) is 7.05 Å². The van der Waals surface area contributed by atoms with Gasteiger partial charge in [-0.05, 0) is 30.7 Å². The molecule has 19 heavy (non-hydrogen) atoms. The van der Waals surface area contributed by atoms with Crippen molar-refractivity contribution in [3.63, 3.8) is 0 Å². The van der Waals surface area contributed by atoms with Gasteiger partial charge in [-0.25, -0.2) is 0 Å². The van der Waals surface area contributed by atoms with E-state index in [0.29, 0.717) is 10.0 Å². The zero-order chi connectivity index (χ0) is 13.8. The molecule has 0 radical (unpaired) electrons. The summed E-state index contributed by atoms with van der Waals surface area (Å²) in [5.74, 6) is 0. The first-order valence-electron chi connectivity index (χ1n) is 6.16. The van der Waals surface area contributed by atoms with Gasteiger partial charge in [-0.3, -0.25) is 4.68 Å². The van der Waals surface area contributed by atoms with Gasteiger partial charge in [0.1, 0.15) is 0 Å². The Hall–Kier alpha value is -1.10. The number of benzene rings is 1. The van der Waals surface area contributed by atoms with E-state index in [0.717, 1.165) is 24.2 Å². The molecule has 4 nitrogen and oxygen atoms in total. The van der Waals surface area contributed by atoms with Crippen molar-refractivity contribution in [1.82, 2.24) is 20.3 Å². The van der Waals surface area contributed by atoms with Gasteiger partial charge in [0.25, 0.3) is 0 Å². The fourth-order valence-electron chi connectivity index (χ4n) is 1.96. The van der Waals surface area contributed by atoms with Gasteiger partial charge in [0, 0.05) is 17.1 Å². The summed E-state index contributed by atoms with van der Waals surface area (Å²) in [5.41, 5.74) is 1.95. The Morgan fingerprint density at radius 3 is 2.74 bits per heavy atom. The van der Waals surface area contributed by atoms with Crippen molar-refractivity contribution in [3.05, 3.63) is 45.7 Å². The predicted molar refractivity (Wildman–Crippen MR) is 77.6 cm³/mol. The quantitative estimate of drug-likeness (QED) is 0.922. The third-order valence-electron chi connectivity index (χ3n) is 2.92. The van der Waals surface area contributed by atoms with Crippen molar-refractivity contribution in [2.75, 3.05) is 6.54 Å². The van der Waals surface area contributed by atoms with Crippen molar-refractivity contribution in [3.8, 4) is 0 Å². The van der Waals surface area contributed by atoms with E-state index in [1.165, 1.54) is 0 Å². The SMILES string of the molecule is CCCNC(c1ccc(Cl)cc1Cl)c1cnnn1C. The minimum atomic E-state index is -0.0373. The zero-order valence-electron chi connectivity index (χ0n) is 10.9. The van der Waals surface area contributed by atoms with E-state index in [1.54, 1.807) is 16.9 Å². The lowest BCUT2D eigenvalue weighted by Gasteiger charge is -2.20. The summed E-state index contributed by atoms with van der Waals surface area (Å²) in [5, 5.41) is 12.6. The number of nitrogens with one attached hydrogen (secondary N) is 1. The number of aromatic nitrogens is 3. The van der Waals surface area contributed by atoms with Crippen LogP contribution < -0.4 is 5.32 Å². The molecule has 1 unspecified atom stereocenters. The molecule has 1 N–H and O–H groups in total. The van der Waals surface area contributed by atoms with Gasteiger partial charge >= 0.3 is 0 Å². The molecule has 6 heteroatoms.